The number of hydrogen-bond donors (Lipinski definition) is 0. The molecule has 0 N–H and O–H groups in total. The molecule has 0 spiro atoms. The first-order valence-corrected chi connectivity index (χ1v) is 4.09. The zero-order valence-corrected chi connectivity index (χ0v) is 7.27. The van der Waals surface area contributed by atoms with Crippen LogP contribution in [0.25, 0.3) is 11.5 Å². The van der Waals surface area contributed by atoms with E-state index in [0.717, 1.165) is 5.56 Å². The van der Waals surface area contributed by atoms with Gasteiger partial charge in [0.25, 0.3) is 5.89 Å². The molecule has 0 saturated carbocycles. The van der Waals surface area contributed by atoms with Gasteiger partial charge in [0, 0.05) is 0 Å². The lowest BCUT2D eigenvalue weighted by molar-refractivity contribution is 0.425. The van der Waals surface area contributed by atoms with E-state index in [-0.39, 0.29) is 5.88 Å². The van der Waals surface area contributed by atoms with Crippen LogP contribution in [-0.2, 0) is 5.88 Å². The molecule has 2 heterocycles. The fourth-order valence-electron chi connectivity index (χ4n) is 0.843. The molecule has 2 aromatic rings. The summed E-state index contributed by atoms with van der Waals surface area (Å²) in [7, 11) is 0. The van der Waals surface area contributed by atoms with E-state index in [1.54, 1.807) is 18.5 Å². The Morgan fingerprint density at radius 2 is 2.31 bits per heavy atom. The first-order chi connectivity index (χ1) is 6.40. The van der Waals surface area contributed by atoms with Crippen LogP contribution in [-0.4, -0.2) is 20.3 Å². The second kappa shape index (κ2) is 3.49. The molecule has 0 amide bonds. The third kappa shape index (κ3) is 1.65. The summed E-state index contributed by atoms with van der Waals surface area (Å²) in [4.78, 5) is 4.02. The van der Waals surface area contributed by atoms with Crippen LogP contribution < -0.4 is 0 Å². The molecule has 0 aliphatic heterocycles. The van der Waals surface area contributed by atoms with Gasteiger partial charge in [-0.3, -0.25) is 0 Å². The lowest BCUT2D eigenvalue weighted by Crippen LogP contribution is -1.83. The Bertz CT molecular complexity index is 388. The van der Waals surface area contributed by atoms with Gasteiger partial charge < -0.3 is 4.52 Å². The first-order valence-electron chi connectivity index (χ1n) is 3.56. The summed E-state index contributed by atoms with van der Waals surface area (Å²) in [6, 6.07) is 1.73. The van der Waals surface area contributed by atoms with Gasteiger partial charge in [0.1, 0.15) is 0 Å². The van der Waals surface area contributed by atoms with Gasteiger partial charge in [-0.2, -0.15) is 15.2 Å². The third-order valence-electron chi connectivity index (χ3n) is 1.42. The Balaban J connectivity index is 2.36. The maximum atomic E-state index is 5.51. The summed E-state index contributed by atoms with van der Waals surface area (Å²) in [5.41, 5.74) is 0.735. The number of hydrogen-bond acceptors (Lipinski definition) is 5. The molecule has 0 atom stereocenters. The molecule has 0 radical (unpaired) electrons. The summed E-state index contributed by atoms with van der Waals surface area (Å²) < 4.78 is 4.93. The Morgan fingerprint density at radius 1 is 1.38 bits per heavy atom. The van der Waals surface area contributed by atoms with Crippen molar-refractivity contribution in [2.75, 3.05) is 0 Å². The molecule has 0 fully saturated rings. The van der Waals surface area contributed by atoms with Crippen LogP contribution in [0.5, 0.6) is 0 Å². The van der Waals surface area contributed by atoms with Crippen LogP contribution in [0.3, 0.4) is 0 Å². The van der Waals surface area contributed by atoms with Gasteiger partial charge in [0.05, 0.1) is 23.8 Å². The van der Waals surface area contributed by atoms with Gasteiger partial charge in [0.15, 0.2) is 5.82 Å². The monoisotopic (exact) mass is 196 g/mol. The Morgan fingerprint density at radius 3 is 2.92 bits per heavy atom. The quantitative estimate of drug-likeness (QED) is 0.677. The fourth-order valence-corrected chi connectivity index (χ4v) is 0.951. The zero-order valence-electron chi connectivity index (χ0n) is 6.51. The van der Waals surface area contributed by atoms with Crippen molar-refractivity contribution in [1.82, 2.24) is 20.3 Å². The minimum atomic E-state index is 0.238. The van der Waals surface area contributed by atoms with Crippen molar-refractivity contribution < 1.29 is 4.52 Å². The van der Waals surface area contributed by atoms with Gasteiger partial charge in [-0.05, 0) is 6.07 Å². The second-order valence-corrected chi connectivity index (χ2v) is 2.55. The summed E-state index contributed by atoms with van der Waals surface area (Å²) in [5, 5.41) is 11.0. The highest BCUT2D eigenvalue weighted by molar-refractivity contribution is 6.16. The number of alkyl halides is 1. The van der Waals surface area contributed by atoms with E-state index in [1.807, 2.05) is 0 Å². The number of nitrogens with zero attached hydrogens (tertiary/aromatic N) is 4. The normalized spacial score (nSPS) is 10.2. The molecule has 5 nitrogen and oxygen atoms in total. The molecule has 0 aromatic carbocycles. The van der Waals surface area contributed by atoms with Gasteiger partial charge in [-0.25, -0.2) is 0 Å². The van der Waals surface area contributed by atoms with Crippen molar-refractivity contribution in [3.8, 4) is 11.5 Å². The van der Waals surface area contributed by atoms with Crippen molar-refractivity contribution in [3.63, 3.8) is 0 Å². The molecule has 0 unspecified atom stereocenters. The van der Waals surface area contributed by atoms with Gasteiger partial charge in [-0.1, -0.05) is 5.16 Å². The minimum Gasteiger partial charge on any atom is -0.334 e. The summed E-state index contributed by atoms with van der Waals surface area (Å²) >= 11 is 5.51. The zero-order chi connectivity index (χ0) is 9.10. The standard InChI is InChI=1S/C7H5ClN4O/c8-3-6-11-7(13-12-6)5-1-2-9-10-4-5/h1-2,4H,3H2. The second-order valence-electron chi connectivity index (χ2n) is 2.28. The largest absolute Gasteiger partial charge is 0.334 e. The van der Waals surface area contributed by atoms with E-state index in [0.29, 0.717) is 11.7 Å². The van der Waals surface area contributed by atoms with E-state index >= 15 is 0 Å². The Hall–Kier alpha value is -1.49. The molecule has 2 aromatic heterocycles. The number of halogens is 1. The predicted molar refractivity (Wildman–Crippen MR) is 44.9 cm³/mol. The highest BCUT2D eigenvalue weighted by Crippen LogP contribution is 2.14. The SMILES string of the molecule is ClCc1noc(-c2ccnnc2)n1. The lowest BCUT2D eigenvalue weighted by Gasteiger charge is -1.88. The van der Waals surface area contributed by atoms with E-state index in [9.17, 15) is 0 Å². The van der Waals surface area contributed by atoms with Gasteiger partial charge in [-0.15, -0.1) is 11.6 Å². The van der Waals surface area contributed by atoms with E-state index in [4.69, 9.17) is 16.1 Å². The topological polar surface area (TPSA) is 64.7 Å². The average Bonchev–Trinajstić information content (AvgIpc) is 2.67. The molecular weight excluding hydrogens is 192 g/mol. The minimum absolute atomic E-state index is 0.238. The lowest BCUT2D eigenvalue weighted by atomic mass is 10.3. The summed E-state index contributed by atoms with van der Waals surface area (Å²) in [6.45, 7) is 0. The number of aromatic nitrogens is 4. The molecular formula is C7H5ClN4O. The van der Waals surface area contributed by atoms with Crippen LogP contribution in [0.15, 0.2) is 23.0 Å². The van der Waals surface area contributed by atoms with Gasteiger partial charge >= 0.3 is 0 Å². The molecule has 0 saturated heterocycles. The van der Waals surface area contributed by atoms with Crippen molar-refractivity contribution in [2.24, 2.45) is 0 Å². The van der Waals surface area contributed by atoms with Crippen molar-refractivity contribution in [2.45, 2.75) is 5.88 Å². The molecule has 66 valence electrons. The van der Waals surface area contributed by atoms with Crippen LogP contribution in [0, 0.1) is 0 Å². The Kier molecular flexibility index (Phi) is 2.18. The van der Waals surface area contributed by atoms with E-state index < -0.39 is 0 Å². The van der Waals surface area contributed by atoms with E-state index in [2.05, 4.69) is 20.3 Å². The average molecular weight is 197 g/mol. The molecule has 13 heavy (non-hydrogen) atoms. The van der Waals surface area contributed by atoms with Crippen LogP contribution in [0.4, 0.5) is 0 Å². The molecule has 2 rings (SSSR count). The smallest absolute Gasteiger partial charge is 0.259 e. The molecule has 0 bridgehead atoms. The highest BCUT2D eigenvalue weighted by Gasteiger charge is 2.07. The van der Waals surface area contributed by atoms with Gasteiger partial charge in [0.2, 0.25) is 0 Å². The highest BCUT2D eigenvalue weighted by atomic mass is 35.5. The Labute approximate surface area is 78.7 Å². The van der Waals surface area contributed by atoms with Crippen molar-refractivity contribution >= 4 is 11.6 Å². The van der Waals surface area contributed by atoms with E-state index in [1.165, 1.54) is 0 Å². The molecule has 0 aliphatic carbocycles. The maximum Gasteiger partial charge on any atom is 0.259 e. The summed E-state index contributed by atoms with van der Waals surface area (Å²) in [5.74, 6) is 1.11. The van der Waals surface area contributed by atoms with Crippen molar-refractivity contribution in [1.29, 1.82) is 0 Å². The predicted octanol–water partition coefficient (Wildman–Crippen LogP) is 1.27. The molecule has 0 aliphatic rings. The number of rotatable bonds is 2. The van der Waals surface area contributed by atoms with Crippen LogP contribution in [0.1, 0.15) is 5.82 Å². The fraction of sp³-hybridized carbons (Fsp3) is 0.143. The van der Waals surface area contributed by atoms with Crippen LogP contribution in [0.2, 0.25) is 0 Å². The van der Waals surface area contributed by atoms with Crippen molar-refractivity contribution in [3.05, 3.63) is 24.3 Å². The third-order valence-corrected chi connectivity index (χ3v) is 1.66. The maximum absolute atomic E-state index is 5.51. The summed E-state index contributed by atoms with van der Waals surface area (Å²) in [6.07, 6.45) is 3.10. The van der Waals surface area contributed by atoms with Crippen LogP contribution >= 0.6 is 11.6 Å². The molecule has 6 heteroatoms. The first kappa shape index (κ1) is 8.12.